The molecule has 0 unspecified atom stereocenters. The van der Waals surface area contributed by atoms with E-state index in [0.29, 0.717) is 5.56 Å². The first-order valence-electron chi connectivity index (χ1n) is 7.24. The van der Waals surface area contributed by atoms with Crippen LogP contribution in [0.25, 0.3) is 0 Å². The Morgan fingerprint density at radius 3 is 2.28 bits per heavy atom. The summed E-state index contributed by atoms with van der Waals surface area (Å²) in [7, 11) is 2.60. The summed E-state index contributed by atoms with van der Waals surface area (Å²) in [5, 5.41) is 13.6. The molecule has 0 atom stereocenters. The molecule has 25 heavy (non-hydrogen) atoms. The van der Waals surface area contributed by atoms with Gasteiger partial charge in [-0.3, -0.25) is 14.9 Å². The van der Waals surface area contributed by atoms with Gasteiger partial charge >= 0.3 is 11.7 Å². The highest BCUT2D eigenvalue weighted by molar-refractivity contribution is 5.95. The standard InChI is InChI=1S/C17H16N2O6/c1-24-15-9-13(7-8-14(15)19(22)23)16(20)18-10-11-3-5-12(6-4-11)17(21)25-2/h3-9H,10H2,1-2H3,(H,18,20). The van der Waals surface area contributed by atoms with E-state index in [4.69, 9.17) is 4.74 Å². The number of nitro benzene ring substituents is 1. The van der Waals surface area contributed by atoms with Crippen molar-refractivity contribution in [2.24, 2.45) is 0 Å². The number of rotatable bonds is 6. The molecule has 0 aromatic heterocycles. The molecule has 0 saturated carbocycles. The van der Waals surface area contributed by atoms with E-state index in [9.17, 15) is 19.7 Å². The Kier molecular flexibility index (Phi) is 5.67. The molecular weight excluding hydrogens is 328 g/mol. The minimum Gasteiger partial charge on any atom is -0.490 e. The van der Waals surface area contributed by atoms with Crippen molar-refractivity contribution in [2.45, 2.75) is 6.54 Å². The van der Waals surface area contributed by atoms with Crippen LogP contribution < -0.4 is 10.1 Å². The molecule has 0 aliphatic carbocycles. The average Bonchev–Trinajstić information content (AvgIpc) is 2.65. The largest absolute Gasteiger partial charge is 0.490 e. The molecule has 0 radical (unpaired) electrons. The van der Waals surface area contributed by atoms with E-state index in [1.807, 2.05) is 0 Å². The van der Waals surface area contributed by atoms with Crippen molar-refractivity contribution in [3.8, 4) is 5.75 Å². The molecule has 1 amide bonds. The van der Waals surface area contributed by atoms with Gasteiger partial charge in [0.15, 0.2) is 5.75 Å². The Labute approximate surface area is 143 Å². The van der Waals surface area contributed by atoms with E-state index in [0.717, 1.165) is 5.56 Å². The fraction of sp³-hybridized carbons (Fsp3) is 0.176. The molecule has 0 heterocycles. The number of hydrogen-bond donors (Lipinski definition) is 1. The Hall–Kier alpha value is -3.42. The van der Waals surface area contributed by atoms with Crippen LogP contribution in [0.5, 0.6) is 5.75 Å². The molecular formula is C17H16N2O6. The zero-order chi connectivity index (χ0) is 18.4. The lowest BCUT2D eigenvalue weighted by atomic mass is 10.1. The number of amides is 1. The lowest BCUT2D eigenvalue weighted by Gasteiger charge is -2.08. The van der Waals surface area contributed by atoms with Crippen molar-refractivity contribution in [2.75, 3.05) is 14.2 Å². The number of methoxy groups -OCH3 is 2. The minimum atomic E-state index is -0.580. The summed E-state index contributed by atoms with van der Waals surface area (Å²) in [6, 6.07) is 10.5. The first kappa shape index (κ1) is 17.9. The van der Waals surface area contributed by atoms with Crippen molar-refractivity contribution < 1.29 is 24.0 Å². The van der Waals surface area contributed by atoms with Crippen LogP contribution in [-0.4, -0.2) is 31.0 Å². The highest BCUT2D eigenvalue weighted by Gasteiger charge is 2.17. The topological polar surface area (TPSA) is 108 Å². The summed E-state index contributed by atoms with van der Waals surface area (Å²) in [5.41, 5.74) is 1.23. The van der Waals surface area contributed by atoms with Gasteiger partial charge in [-0.05, 0) is 23.8 Å². The molecule has 0 fully saturated rings. The number of hydrogen-bond acceptors (Lipinski definition) is 6. The number of carbonyl (C=O) groups excluding carboxylic acids is 2. The summed E-state index contributed by atoms with van der Waals surface area (Å²) >= 11 is 0. The normalized spacial score (nSPS) is 10.0. The first-order chi connectivity index (χ1) is 12.0. The third-order valence-corrected chi connectivity index (χ3v) is 3.47. The second-order valence-electron chi connectivity index (χ2n) is 5.01. The molecule has 8 heteroatoms. The Morgan fingerprint density at radius 2 is 1.72 bits per heavy atom. The van der Waals surface area contributed by atoms with E-state index in [1.54, 1.807) is 24.3 Å². The van der Waals surface area contributed by atoms with Crippen molar-refractivity contribution >= 4 is 17.6 Å². The second kappa shape index (κ2) is 7.91. The summed E-state index contributed by atoms with van der Waals surface area (Å²) in [4.78, 5) is 33.8. The van der Waals surface area contributed by atoms with Gasteiger partial charge in [0.1, 0.15) is 0 Å². The van der Waals surface area contributed by atoms with Gasteiger partial charge in [0.05, 0.1) is 24.7 Å². The Bertz CT molecular complexity index is 801. The molecule has 0 aliphatic rings. The van der Waals surface area contributed by atoms with Crippen LogP contribution in [0.15, 0.2) is 42.5 Å². The summed E-state index contributed by atoms with van der Waals surface area (Å²) in [6.45, 7) is 0.236. The predicted molar refractivity (Wildman–Crippen MR) is 88.6 cm³/mol. The maximum Gasteiger partial charge on any atom is 0.337 e. The number of ether oxygens (including phenoxy) is 2. The molecule has 2 aromatic carbocycles. The molecule has 2 aromatic rings. The van der Waals surface area contributed by atoms with Crippen LogP contribution in [0, 0.1) is 10.1 Å². The first-order valence-corrected chi connectivity index (χ1v) is 7.24. The SMILES string of the molecule is COC(=O)c1ccc(CNC(=O)c2ccc([N+](=O)[O-])c(OC)c2)cc1. The monoisotopic (exact) mass is 344 g/mol. The van der Waals surface area contributed by atoms with Gasteiger partial charge < -0.3 is 14.8 Å². The number of benzene rings is 2. The number of esters is 1. The van der Waals surface area contributed by atoms with Gasteiger partial charge in [-0.2, -0.15) is 0 Å². The quantitative estimate of drug-likeness (QED) is 0.489. The zero-order valence-corrected chi connectivity index (χ0v) is 13.6. The van der Waals surface area contributed by atoms with Gasteiger partial charge in [0, 0.05) is 24.2 Å². The molecule has 8 nitrogen and oxygen atoms in total. The minimum absolute atomic E-state index is 0.0140. The second-order valence-corrected chi connectivity index (χ2v) is 5.01. The fourth-order valence-electron chi connectivity index (χ4n) is 2.13. The van der Waals surface area contributed by atoms with E-state index < -0.39 is 16.8 Å². The maximum atomic E-state index is 12.2. The summed E-state index contributed by atoms with van der Waals surface area (Å²) in [5.74, 6) is -0.820. The van der Waals surface area contributed by atoms with Gasteiger partial charge in [0.25, 0.3) is 5.91 Å². The molecule has 130 valence electrons. The number of carbonyl (C=O) groups is 2. The smallest absolute Gasteiger partial charge is 0.337 e. The molecule has 0 saturated heterocycles. The van der Waals surface area contributed by atoms with E-state index in [1.165, 1.54) is 32.4 Å². The van der Waals surface area contributed by atoms with Crippen LogP contribution >= 0.6 is 0 Å². The predicted octanol–water partition coefficient (Wildman–Crippen LogP) is 2.32. The van der Waals surface area contributed by atoms with Gasteiger partial charge in [-0.25, -0.2) is 4.79 Å². The van der Waals surface area contributed by atoms with E-state index in [-0.39, 0.29) is 23.5 Å². The van der Waals surface area contributed by atoms with Gasteiger partial charge in [0.2, 0.25) is 0 Å². The van der Waals surface area contributed by atoms with E-state index in [2.05, 4.69) is 10.1 Å². The highest BCUT2D eigenvalue weighted by Crippen LogP contribution is 2.27. The summed E-state index contributed by atoms with van der Waals surface area (Å²) < 4.78 is 9.55. The maximum absolute atomic E-state index is 12.2. The molecule has 2 rings (SSSR count). The number of nitrogens with one attached hydrogen (secondary N) is 1. The third-order valence-electron chi connectivity index (χ3n) is 3.47. The van der Waals surface area contributed by atoms with Crippen LogP contribution in [0.4, 0.5) is 5.69 Å². The van der Waals surface area contributed by atoms with Crippen LogP contribution in [0.2, 0.25) is 0 Å². The van der Waals surface area contributed by atoms with Crippen LogP contribution in [0.1, 0.15) is 26.3 Å². The summed E-state index contributed by atoms with van der Waals surface area (Å²) in [6.07, 6.45) is 0. The third kappa shape index (κ3) is 4.31. The zero-order valence-electron chi connectivity index (χ0n) is 13.6. The highest BCUT2D eigenvalue weighted by atomic mass is 16.6. The number of nitro groups is 1. The van der Waals surface area contributed by atoms with Crippen LogP contribution in [0.3, 0.4) is 0 Å². The van der Waals surface area contributed by atoms with Crippen molar-refractivity contribution in [1.82, 2.24) is 5.32 Å². The van der Waals surface area contributed by atoms with Crippen molar-refractivity contribution in [3.05, 3.63) is 69.3 Å². The molecule has 0 aliphatic heterocycles. The van der Waals surface area contributed by atoms with Crippen molar-refractivity contribution in [3.63, 3.8) is 0 Å². The molecule has 0 bridgehead atoms. The average molecular weight is 344 g/mol. The fourth-order valence-corrected chi connectivity index (χ4v) is 2.13. The Morgan fingerprint density at radius 1 is 1.08 bits per heavy atom. The lowest BCUT2D eigenvalue weighted by Crippen LogP contribution is -2.22. The van der Waals surface area contributed by atoms with Gasteiger partial charge in [-0.15, -0.1) is 0 Å². The molecule has 1 N–H and O–H groups in total. The lowest BCUT2D eigenvalue weighted by molar-refractivity contribution is -0.385. The van der Waals surface area contributed by atoms with Gasteiger partial charge in [-0.1, -0.05) is 12.1 Å². The Balaban J connectivity index is 2.05. The molecule has 0 spiro atoms. The van der Waals surface area contributed by atoms with Crippen molar-refractivity contribution in [1.29, 1.82) is 0 Å². The van der Waals surface area contributed by atoms with E-state index >= 15 is 0 Å². The van der Waals surface area contributed by atoms with Crippen LogP contribution in [-0.2, 0) is 11.3 Å². The number of nitrogens with zero attached hydrogens (tertiary/aromatic N) is 1.